The molecule has 1 atom stereocenters. The van der Waals surface area contributed by atoms with Crippen LogP contribution in [0.15, 0.2) is 67.3 Å². The van der Waals surface area contributed by atoms with E-state index in [0.717, 1.165) is 5.56 Å². The second-order valence-corrected chi connectivity index (χ2v) is 4.60. The maximum absolute atomic E-state index is 13.3. The van der Waals surface area contributed by atoms with Crippen molar-refractivity contribution in [1.82, 2.24) is 10.9 Å². The molecule has 0 radical (unpaired) electrons. The predicted octanol–water partition coefficient (Wildman–Crippen LogP) is 3.38. The van der Waals surface area contributed by atoms with Gasteiger partial charge in [0.1, 0.15) is 5.82 Å². The molecule has 0 spiro atoms. The van der Waals surface area contributed by atoms with Gasteiger partial charge in [-0.25, -0.2) is 9.82 Å². The maximum Gasteiger partial charge on any atom is 0.265 e. The number of rotatable bonds is 6. The van der Waals surface area contributed by atoms with E-state index >= 15 is 0 Å². The minimum Gasteiger partial charge on any atom is -0.287 e. The lowest BCUT2D eigenvalue weighted by Gasteiger charge is -2.18. The lowest BCUT2D eigenvalue weighted by Crippen LogP contribution is -2.39. The second-order valence-electron chi connectivity index (χ2n) is 4.60. The predicted molar refractivity (Wildman–Crippen MR) is 81.0 cm³/mol. The van der Waals surface area contributed by atoms with Crippen LogP contribution in [0.2, 0.25) is 0 Å². The number of halogens is 1. The van der Waals surface area contributed by atoms with Gasteiger partial charge in [0.25, 0.3) is 5.91 Å². The van der Waals surface area contributed by atoms with Crippen LogP contribution in [0, 0.1) is 5.82 Å². The Hall–Kier alpha value is -2.46. The van der Waals surface area contributed by atoms with E-state index in [1.807, 2.05) is 6.07 Å². The smallest absolute Gasteiger partial charge is 0.265 e. The highest BCUT2D eigenvalue weighted by Gasteiger charge is 2.12. The highest BCUT2D eigenvalue weighted by molar-refractivity contribution is 5.93. The Kier molecular flexibility index (Phi) is 5.23. The summed E-state index contributed by atoms with van der Waals surface area (Å²) in [6.07, 6.45) is 2.29. The lowest BCUT2D eigenvalue weighted by atomic mass is 10.0. The molecular formula is C17H17FN2O. The van der Waals surface area contributed by atoms with Crippen molar-refractivity contribution < 1.29 is 9.18 Å². The molecule has 3 nitrogen and oxygen atoms in total. The molecule has 1 unspecified atom stereocenters. The number of hydrogen-bond acceptors (Lipinski definition) is 2. The number of carbonyl (C=O) groups excluding carboxylic acids is 1. The van der Waals surface area contributed by atoms with Gasteiger partial charge >= 0.3 is 0 Å². The van der Waals surface area contributed by atoms with Gasteiger partial charge in [-0.3, -0.25) is 10.2 Å². The quantitative estimate of drug-likeness (QED) is 0.630. The van der Waals surface area contributed by atoms with Gasteiger partial charge in [0.15, 0.2) is 0 Å². The first-order chi connectivity index (χ1) is 10.2. The third-order valence-electron chi connectivity index (χ3n) is 3.05. The third-order valence-corrected chi connectivity index (χ3v) is 3.05. The summed E-state index contributed by atoms with van der Waals surface area (Å²) in [5.41, 5.74) is 6.88. The van der Waals surface area contributed by atoms with Crippen LogP contribution in [0.25, 0.3) is 0 Å². The summed E-state index contributed by atoms with van der Waals surface area (Å²) >= 11 is 0. The van der Waals surface area contributed by atoms with Gasteiger partial charge in [-0.05, 0) is 36.2 Å². The van der Waals surface area contributed by atoms with Crippen LogP contribution in [-0.4, -0.2) is 5.91 Å². The first-order valence-electron chi connectivity index (χ1n) is 6.68. The molecule has 2 rings (SSSR count). The average molecular weight is 284 g/mol. The van der Waals surface area contributed by atoms with Gasteiger partial charge in [-0.1, -0.05) is 36.4 Å². The number of benzene rings is 2. The van der Waals surface area contributed by atoms with Crippen molar-refractivity contribution in [2.75, 3.05) is 0 Å². The number of carbonyl (C=O) groups is 1. The van der Waals surface area contributed by atoms with Crippen molar-refractivity contribution in [2.45, 2.75) is 12.5 Å². The minimum atomic E-state index is -0.308. The minimum absolute atomic E-state index is 0.231. The molecule has 0 saturated carbocycles. The summed E-state index contributed by atoms with van der Waals surface area (Å²) in [6.45, 7) is 3.69. The van der Waals surface area contributed by atoms with Gasteiger partial charge in [0.05, 0.1) is 6.04 Å². The average Bonchev–Trinajstić information content (AvgIpc) is 2.52. The van der Waals surface area contributed by atoms with Gasteiger partial charge in [-0.2, -0.15) is 0 Å². The van der Waals surface area contributed by atoms with E-state index in [9.17, 15) is 9.18 Å². The molecule has 0 fully saturated rings. The van der Waals surface area contributed by atoms with Crippen LogP contribution in [0.1, 0.15) is 28.4 Å². The van der Waals surface area contributed by atoms with Gasteiger partial charge < -0.3 is 0 Å². The first-order valence-corrected chi connectivity index (χ1v) is 6.68. The van der Waals surface area contributed by atoms with E-state index < -0.39 is 0 Å². The van der Waals surface area contributed by atoms with E-state index in [1.54, 1.807) is 42.5 Å². The molecular weight excluding hydrogens is 267 g/mol. The van der Waals surface area contributed by atoms with Crippen LogP contribution >= 0.6 is 0 Å². The Morgan fingerprint density at radius 1 is 1.19 bits per heavy atom. The van der Waals surface area contributed by atoms with Crippen LogP contribution in [-0.2, 0) is 0 Å². The Labute approximate surface area is 123 Å². The fourth-order valence-corrected chi connectivity index (χ4v) is 1.98. The van der Waals surface area contributed by atoms with Gasteiger partial charge in [-0.15, -0.1) is 6.58 Å². The molecule has 0 aliphatic rings. The van der Waals surface area contributed by atoms with Crippen molar-refractivity contribution >= 4 is 5.91 Å². The molecule has 0 aromatic heterocycles. The Balaban J connectivity index is 2.04. The highest BCUT2D eigenvalue weighted by Crippen LogP contribution is 2.17. The van der Waals surface area contributed by atoms with Crippen LogP contribution < -0.4 is 10.9 Å². The molecule has 2 aromatic rings. The summed E-state index contributed by atoms with van der Waals surface area (Å²) in [4.78, 5) is 12.0. The van der Waals surface area contributed by atoms with Crippen molar-refractivity contribution in [1.29, 1.82) is 0 Å². The van der Waals surface area contributed by atoms with Crippen LogP contribution in [0.4, 0.5) is 4.39 Å². The normalized spacial score (nSPS) is 11.7. The van der Waals surface area contributed by atoms with E-state index in [2.05, 4.69) is 17.4 Å². The van der Waals surface area contributed by atoms with E-state index in [-0.39, 0.29) is 17.8 Å². The van der Waals surface area contributed by atoms with Crippen molar-refractivity contribution in [3.05, 3.63) is 84.2 Å². The summed E-state index contributed by atoms with van der Waals surface area (Å²) in [6, 6.07) is 14.9. The van der Waals surface area contributed by atoms with Crippen molar-refractivity contribution in [3.63, 3.8) is 0 Å². The second kappa shape index (κ2) is 7.36. The molecule has 0 heterocycles. The lowest BCUT2D eigenvalue weighted by molar-refractivity contribution is 0.0925. The standard InChI is InChI=1S/C17H17FN2O/c1-2-7-16(14-10-6-11-15(18)12-14)19-20-17(21)13-8-4-3-5-9-13/h2-6,8-12,16,19H,1,7H2,(H,20,21). The Morgan fingerprint density at radius 3 is 2.62 bits per heavy atom. The number of hydrazine groups is 1. The fourth-order valence-electron chi connectivity index (χ4n) is 1.98. The van der Waals surface area contributed by atoms with E-state index in [1.165, 1.54) is 12.1 Å². The summed E-state index contributed by atoms with van der Waals surface area (Å²) in [7, 11) is 0. The highest BCUT2D eigenvalue weighted by atomic mass is 19.1. The Morgan fingerprint density at radius 2 is 1.95 bits per heavy atom. The monoisotopic (exact) mass is 284 g/mol. The molecule has 0 bridgehead atoms. The van der Waals surface area contributed by atoms with E-state index in [4.69, 9.17) is 0 Å². The largest absolute Gasteiger partial charge is 0.287 e. The number of nitrogens with one attached hydrogen (secondary N) is 2. The van der Waals surface area contributed by atoms with Crippen LogP contribution in [0.3, 0.4) is 0 Å². The zero-order valence-electron chi connectivity index (χ0n) is 11.6. The molecule has 108 valence electrons. The molecule has 0 aliphatic heterocycles. The van der Waals surface area contributed by atoms with Crippen molar-refractivity contribution in [3.8, 4) is 0 Å². The molecule has 2 N–H and O–H groups in total. The first kappa shape index (κ1) is 14.9. The fraction of sp³-hybridized carbons (Fsp3) is 0.118. The third kappa shape index (κ3) is 4.26. The molecule has 2 aromatic carbocycles. The van der Waals surface area contributed by atoms with E-state index in [0.29, 0.717) is 12.0 Å². The van der Waals surface area contributed by atoms with Crippen molar-refractivity contribution in [2.24, 2.45) is 0 Å². The molecule has 21 heavy (non-hydrogen) atoms. The van der Waals surface area contributed by atoms with Gasteiger partial charge in [0.2, 0.25) is 0 Å². The zero-order valence-corrected chi connectivity index (χ0v) is 11.6. The van der Waals surface area contributed by atoms with Gasteiger partial charge in [0, 0.05) is 5.56 Å². The molecule has 4 heteroatoms. The maximum atomic E-state index is 13.3. The summed E-state index contributed by atoms with van der Waals surface area (Å²) < 4.78 is 13.3. The number of amides is 1. The molecule has 1 amide bonds. The zero-order chi connectivity index (χ0) is 15.1. The topological polar surface area (TPSA) is 41.1 Å². The molecule has 0 aliphatic carbocycles. The summed E-state index contributed by atoms with van der Waals surface area (Å²) in [5.74, 6) is -0.543. The summed E-state index contributed by atoms with van der Waals surface area (Å²) in [5, 5.41) is 0. The number of hydrogen-bond donors (Lipinski definition) is 2. The SMILES string of the molecule is C=CCC(NNC(=O)c1ccccc1)c1cccc(F)c1. The molecule has 0 saturated heterocycles. The van der Waals surface area contributed by atoms with Crippen LogP contribution in [0.5, 0.6) is 0 Å². The Bertz CT molecular complexity index is 613.